The third kappa shape index (κ3) is 2.75. The fourth-order valence-corrected chi connectivity index (χ4v) is 3.30. The largest absolute Gasteiger partial charge is 0.397 e. The fraction of sp³-hybridized carbons (Fsp3) is 0.143. The molecule has 6 heteroatoms. The minimum atomic E-state index is -3.88. The molecule has 0 fully saturated rings. The zero-order valence-electron chi connectivity index (χ0n) is 11.1. The molecule has 2 aromatic rings. The second-order valence-electron chi connectivity index (χ2n) is 4.55. The van der Waals surface area contributed by atoms with E-state index >= 15 is 0 Å². The first-order chi connectivity index (χ1) is 9.31. The zero-order valence-corrected chi connectivity index (χ0v) is 12.0. The monoisotopic (exact) mass is 294 g/mol. The molecule has 0 saturated heterocycles. The van der Waals surface area contributed by atoms with Gasteiger partial charge in [-0.05, 0) is 43.2 Å². The van der Waals surface area contributed by atoms with Crippen LogP contribution in [0.1, 0.15) is 11.1 Å². The number of sulfonamides is 1. The summed E-state index contributed by atoms with van der Waals surface area (Å²) < 4.78 is 40.4. The number of rotatable bonds is 3. The summed E-state index contributed by atoms with van der Waals surface area (Å²) in [5, 5.41) is 0. The number of hydrogen-bond acceptors (Lipinski definition) is 3. The molecule has 0 radical (unpaired) electrons. The number of para-hydroxylation sites is 1. The lowest BCUT2D eigenvalue weighted by Crippen LogP contribution is -2.16. The first kappa shape index (κ1) is 14.3. The van der Waals surface area contributed by atoms with E-state index in [2.05, 4.69) is 4.72 Å². The third-order valence-corrected chi connectivity index (χ3v) is 4.47. The number of benzene rings is 2. The molecule has 2 rings (SSSR count). The standard InChI is InChI=1S/C14H15FN2O2S/c1-9-6-7-11(15)8-13(9)20(18,19)17-14-10(2)4-3-5-12(14)16/h3-8,17H,16H2,1-2H3. The normalized spacial score (nSPS) is 11.3. The smallest absolute Gasteiger partial charge is 0.262 e. The van der Waals surface area contributed by atoms with Crippen LogP contribution in [0.5, 0.6) is 0 Å². The summed E-state index contributed by atoms with van der Waals surface area (Å²) in [6.07, 6.45) is 0. The second kappa shape index (κ2) is 5.13. The van der Waals surface area contributed by atoms with E-state index in [0.29, 0.717) is 22.5 Å². The first-order valence-corrected chi connectivity index (χ1v) is 7.43. The first-order valence-electron chi connectivity index (χ1n) is 5.95. The quantitative estimate of drug-likeness (QED) is 0.855. The summed E-state index contributed by atoms with van der Waals surface area (Å²) >= 11 is 0. The van der Waals surface area contributed by atoms with Crippen LogP contribution in [-0.4, -0.2) is 8.42 Å². The summed E-state index contributed by atoms with van der Waals surface area (Å²) in [7, 11) is -3.88. The SMILES string of the molecule is Cc1ccc(F)cc1S(=O)(=O)Nc1c(C)cccc1N. The van der Waals surface area contributed by atoms with Crippen molar-refractivity contribution in [3.05, 3.63) is 53.3 Å². The highest BCUT2D eigenvalue weighted by molar-refractivity contribution is 7.92. The molecule has 2 aromatic carbocycles. The molecule has 0 saturated carbocycles. The average molecular weight is 294 g/mol. The average Bonchev–Trinajstić information content (AvgIpc) is 2.37. The maximum absolute atomic E-state index is 13.3. The molecule has 106 valence electrons. The number of nitrogens with two attached hydrogens (primary N) is 1. The lowest BCUT2D eigenvalue weighted by atomic mass is 10.2. The number of aryl methyl sites for hydroxylation is 2. The van der Waals surface area contributed by atoms with Gasteiger partial charge < -0.3 is 5.73 Å². The Kier molecular flexibility index (Phi) is 3.67. The number of nitrogens with one attached hydrogen (secondary N) is 1. The lowest BCUT2D eigenvalue weighted by Gasteiger charge is -2.14. The summed E-state index contributed by atoms with van der Waals surface area (Å²) in [6, 6.07) is 8.71. The van der Waals surface area contributed by atoms with Gasteiger partial charge in [-0.1, -0.05) is 18.2 Å². The zero-order chi connectivity index (χ0) is 14.9. The van der Waals surface area contributed by atoms with Gasteiger partial charge in [-0.25, -0.2) is 12.8 Å². The highest BCUT2D eigenvalue weighted by atomic mass is 32.2. The predicted molar refractivity (Wildman–Crippen MR) is 77.5 cm³/mol. The van der Waals surface area contributed by atoms with Crippen LogP contribution in [0.3, 0.4) is 0 Å². The number of halogens is 1. The van der Waals surface area contributed by atoms with E-state index in [1.54, 1.807) is 32.0 Å². The molecule has 0 aliphatic rings. The van der Waals surface area contributed by atoms with Gasteiger partial charge in [0.25, 0.3) is 10.0 Å². The molecule has 0 amide bonds. The van der Waals surface area contributed by atoms with Crippen molar-refractivity contribution in [2.45, 2.75) is 18.7 Å². The van der Waals surface area contributed by atoms with Gasteiger partial charge >= 0.3 is 0 Å². The molecule has 0 aromatic heterocycles. The van der Waals surface area contributed by atoms with Crippen molar-refractivity contribution >= 4 is 21.4 Å². The van der Waals surface area contributed by atoms with Crippen molar-refractivity contribution in [3.63, 3.8) is 0 Å². The molecule has 20 heavy (non-hydrogen) atoms. The van der Waals surface area contributed by atoms with Crippen molar-refractivity contribution in [2.75, 3.05) is 10.5 Å². The van der Waals surface area contributed by atoms with Gasteiger partial charge in [0.2, 0.25) is 0 Å². The third-order valence-electron chi connectivity index (χ3n) is 2.98. The summed E-state index contributed by atoms with van der Waals surface area (Å²) in [5.41, 5.74) is 7.57. The van der Waals surface area contributed by atoms with E-state index in [1.165, 1.54) is 12.1 Å². The predicted octanol–water partition coefficient (Wildman–Crippen LogP) is 2.83. The highest BCUT2D eigenvalue weighted by Crippen LogP contribution is 2.27. The van der Waals surface area contributed by atoms with Crippen LogP contribution < -0.4 is 10.5 Å². The van der Waals surface area contributed by atoms with Crippen molar-refractivity contribution in [2.24, 2.45) is 0 Å². The summed E-state index contributed by atoms with van der Waals surface area (Å²) in [5.74, 6) is -0.603. The maximum atomic E-state index is 13.3. The molecule has 0 spiro atoms. The molecular weight excluding hydrogens is 279 g/mol. The number of nitrogen functional groups attached to an aromatic ring is 1. The molecule has 0 unspecified atom stereocenters. The van der Waals surface area contributed by atoms with Crippen LogP contribution in [0.25, 0.3) is 0 Å². The molecule has 0 aliphatic carbocycles. The highest BCUT2D eigenvalue weighted by Gasteiger charge is 2.19. The Labute approximate surface area is 117 Å². The Morgan fingerprint density at radius 3 is 2.45 bits per heavy atom. The fourth-order valence-electron chi connectivity index (χ4n) is 1.88. The Hall–Kier alpha value is -2.08. The molecule has 0 aliphatic heterocycles. The van der Waals surface area contributed by atoms with Crippen LogP contribution in [0.2, 0.25) is 0 Å². The van der Waals surface area contributed by atoms with E-state index in [-0.39, 0.29) is 4.90 Å². The van der Waals surface area contributed by atoms with Gasteiger partial charge in [0.1, 0.15) is 5.82 Å². The molecule has 0 bridgehead atoms. The van der Waals surface area contributed by atoms with Crippen molar-refractivity contribution in [1.29, 1.82) is 0 Å². The Bertz CT molecular complexity index is 738. The lowest BCUT2D eigenvalue weighted by molar-refractivity contribution is 0.594. The maximum Gasteiger partial charge on any atom is 0.262 e. The van der Waals surface area contributed by atoms with E-state index in [1.807, 2.05) is 0 Å². The summed E-state index contributed by atoms with van der Waals surface area (Å²) in [4.78, 5) is -0.0971. The van der Waals surface area contributed by atoms with Gasteiger partial charge in [0.15, 0.2) is 0 Å². The van der Waals surface area contributed by atoms with Gasteiger partial charge in [-0.3, -0.25) is 4.72 Å². The Morgan fingerprint density at radius 1 is 1.10 bits per heavy atom. The van der Waals surface area contributed by atoms with Gasteiger partial charge in [-0.2, -0.15) is 0 Å². The Balaban J connectivity index is 2.49. The van der Waals surface area contributed by atoms with Crippen LogP contribution in [-0.2, 0) is 10.0 Å². The van der Waals surface area contributed by atoms with E-state index < -0.39 is 15.8 Å². The van der Waals surface area contributed by atoms with Crippen LogP contribution in [0, 0.1) is 19.7 Å². The van der Waals surface area contributed by atoms with E-state index in [9.17, 15) is 12.8 Å². The van der Waals surface area contributed by atoms with Gasteiger partial charge in [0, 0.05) is 0 Å². The topological polar surface area (TPSA) is 72.2 Å². The van der Waals surface area contributed by atoms with Crippen molar-refractivity contribution in [3.8, 4) is 0 Å². The van der Waals surface area contributed by atoms with Gasteiger partial charge in [-0.15, -0.1) is 0 Å². The minimum absolute atomic E-state index is 0.0971. The molecule has 0 heterocycles. The Morgan fingerprint density at radius 2 is 1.80 bits per heavy atom. The number of anilines is 2. The van der Waals surface area contributed by atoms with Crippen molar-refractivity contribution < 1.29 is 12.8 Å². The molecule has 3 N–H and O–H groups in total. The minimum Gasteiger partial charge on any atom is -0.397 e. The van der Waals surface area contributed by atoms with Gasteiger partial charge in [0.05, 0.1) is 16.3 Å². The van der Waals surface area contributed by atoms with Crippen LogP contribution in [0.4, 0.5) is 15.8 Å². The van der Waals surface area contributed by atoms with E-state index in [4.69, 9.17) is 5.73 Å². The van der Waals surface area contributed by atoms with Crippen molar-refractivity contribution in [1.82, 2.24) is 0 Å². The van der Waals surface area contributed by atoms with Crippen LogP contribution >= 0.6 is 0 Å². The molecular formula is C14H15FN2O2S. The second-order valence-corrected chi connectivity index (χ2v) is 6.21. The van der Waals surface area contributed by atoms with Crippen LogP contribution in [0.15, 0.2) is 41.3 Å². The van der Waals surface area contributed by atoms with E-state index in [0.717, 1.165) is 6.07 Å². The number of hydrogen-bond donors (Lipinski definition) is 2. The molecule has 4 nitrogen and oxygen atoms in total. The molecule has 0 atom stereocenters. The summed E-state index contributed by atoms with van der Waals surface area (Å²) in [6.45, 7) is 3.35.